The predicted molar refractivity (Wildman–Crippen MR) is 72.6 cm³/mol. The SMILES string of the molecule is Cc1cc(Cl)c(C)[n+]([O-])c1-c1nn(C)c([NH+]([O-])O)c1C. The normalized spacial score (nSPS) is 12.8. The van der Waals surface area contributed by atoms with Gasteiger partial charge in [-0.3, -0.25) is 0 Å². The lowest BCUT2D eigenvalue weighted by Crippen LogP contribution is -3.00. The number of aryl methyl sites for hydroxylation is 2. The van der Waals surface area contributed by atoms with E-state index in [1.54, 1.807) is 26.8 Å². The molecule has 0 aliphatic rings. The molecule has 1 unspecified atom stereocenters. The van der Waals surface area contributed by atoms with E-state index in [9.17, 15) is 15.6 Å². The smallest absolute Gasteiger partial charge is 0.261 e. The molecule has 20 heavy (non-hydrogen) atoms. The van der Waals surface area contributed by atoms with Crippen LogP contribution in [0.5, 0.6) is 0 Å². The lowest BCUT2D eigenvalue weighted by atomic mass is 10.1. The van der Waals surface area contributed by atoms with Crippen LogP contribution in [0.15, 0.2) is 6.07 Å². The first kappa shape index (κ1) is 14.7. The first-order valence-corrected chi connectivity index (χ1v) is 6.30. The second-order valence-electron chi connectivity index (χ2n) is 4.65. The molecule has 2 heterocycles. The summed E-state index contributed by atoms with van der Waals surface area (Å²) in [7, 11) is 1.53. The summed E-state index contributed by atoms with van der Waals surface area (Å²) in [4.78, 5) is 0. The summed E-state index contributed by atoms with van der Waals surface area (Å²) in [5.41, 5.74) is 2.14. The largest absolute Gasteiger partial charge is 0.618 e. The summed E-state index contributed by atoms with van der Waals surface area (Å²) in [5, 5.41) is 36.1. The Morgan fingerprint density at radius 1 is 1.40 bits per heavy atom. The average molecular weight is 299 g/mol. The molecule has 0 aliphatic heterocycles. The van der Waals surface area contributed by atoms with Gasteiger partial charge in [0.05, 0.1) is 5.56 Å². The van der Waals surface area contributed by atoms with Gasteiger partial charge in [-0.2, -0.15) is 15.1 Å². The summed E-state index contributed by atoms with van der Waals surface area (Å²) in [6.07, 6.45) is 0. The van der Waals surface area contributed by atoms with Crippen molar-refractivity contribution in [2.45, 2.75) is 20.8 Å². The molecule has 0 amide bonds. The zero-order valence-electron chi connectivity index (χ0n) is 11.6. The van der Waals surface area contributed by atoms with Crippen molar-refractivity contribution < 1.29 is 15.2 Å². The lowest BCUT2D eigenvalue weighted by Gasteiger charge is -2.12. The second-order valence-corrected chi connectivity index (χ2v) is 5.06. The zero-order chi connectivity index (χ0) is 15.2. The summed E-state index contributed by atoms with van der Waals surface area (Å²) in [5.74, 6) is 0.0620. The van der Waals surface area contributed by atoms with Gasteiger partial charge in [-0.1, -0.05) is 11.6 Å². The van der Waals surface area contributed by atoms with E-state index in [4.69, 9.17) is 11.6 Å². The Balaban J connectivity index is 2.77. The summed E-state index contributed by atoms with van der Waals surface area (Å²) >= 11 is 5.96. The summed E-state index contributed by atoms with van der Waals surface area (Å²) < 4.78 is 1.95. The van der Waals surface area contributed by atoms with Crippen LogP contribution >= 0.6 is 11.6 Å². The minimum Gasteiger partial charge on any atom is -0.618 e. The Kier molecular flexibility index (Phi) is 3.70. The topological polar surface area (TPSA) is 92.5 Å². The van der Waals surface area contributed by atoms with Crippen LogP contribution < -0.4 is 9.96 Å². The highest BCUT2D eigenvalue weighted by molar-refractivity contribution is 6.31. The fraction of sp³-hybridized carbons (Fsp3) is 0.333. The highest BCUT2D eigenvalue weighted by Gasteiger charge is 2.27. The first-order chi connectivity index (χ1) is 9.25. The number of quaternary nitrogens is 1. The van der Waals surface area contributed by atoms with Crippen LogP contribution in [-0.2, 0) is 7.05 Å². The van der Waals surface area contributed by atoms with E-state index in [2.05, 4.69) is 5.10 Å². The van der Waals surface area contributed by atoms with Crippen molar-refractivity contribution in [2.24, 2.45) is 7.05 Å². The molecule has 108 valence electrons. The molecular weight excluding hydrogens is 284 g/mol. The molecule has 2 aromatic heterocycles. The summed E-state index contributed by atoms with van der Waals surface area (Å²) in [6.45, 7) is 4.98. The number of nitrogens with one attached hydrogen (secondary N) is 1. The maximum Gasteiger partial charge on any atom is 0.261 e. The van der Waals surface area contributed by atoms with Gasteiger partial charge in [0, 0.05) is 19.5 Å². The Morgan fingerprint density at radius 3 is 2.50 bits per heavy atom. The number of halogens is 1. The van der Waals surface area contributed by atoms with Crippen LogP contribution in [0.2, 0.25) is 5.02 Å². The van der Waals surface area contributed by atoms with Gasteiger partial charge in [0.25, 0.3) is 5.82 Å². The highest BCUT2D eigenvalue weighted by Crippen LogP contribution is 2.28. The number of rotatable bonds is 2. The van der Waals surface area contributed by atoms with Gasteiger partial charge in [0.1, 0.15) is 5.02 Å². The molecule has 0 aromatic carbocycles. The van der Waals surface area contributed by atoms with Gasteiger partial charge < -0.3 is 10.4 Å². The van der Waals surface area contributed by atoms with Crippen LogP contribution in [0.1, 0.15) is 16.8 Å². The molecule has 0 saturated heterocycles. The van der Waals surface area contributed by atoms with Crippen molar-refractivity contribution in [1.29, 1.82) is 0 Å². The summed E-state index contributed by atoms with van der Waals surface area (Å²) in [6, 6.07) is 1.68. The number of aromatic nitrogens is 3. The predicted octanol–water partition coefficient (Wildman–Crippen LogP) is 0.703. The number of pyridine rings is 1. The number of hydrogen-bond acceptors (Lipinski definition) is 4. The van der Waals surface area contributed by atoms with Crippen LogP contribution in [0, 0.1) is 31.2 Å². The molecule has 2 aromatic rings. The Hall–Kier alpha value is -1.67. The van der Waals surface area contributed by atoms with E-state index in [0.29, 0.717) is 38.0 Å². The van der Waals surface area contributed by atoms with Gasteiger partial charge >= 0.3 is 0 Å². The average Bonchev–Trinajstić information content (AvgIpc) is 2.62. The van der Waals surface area contributed by atoms with Crippen molar-refractivity contribution >= 4 is 17.4 Å². The van der Waals surface area contributed by atoms with E-state index in [1.807, 2.05) is 0 Å². The van der Waals surface area contributed by atoms with Gasteiger partial charge in [-0.25, -0.2) is 9.89 Å². The minimum absolute atomic E-state index is 0.0620. The lowest BCUT2D eigenvalue weighted by molar-refractivity contribution is -0.994. The minimum atomic E-state index is -1.08. The molecule has 0 spiro atoms. The van der Waals surface area contributed by atoms with Crippen LogP contribution in [-0.4, -0.2) is 15.0 Å². The maximum atomic E-state index is 12.3. The monoisotopic (exact) mass is 298 g/mol. The van der Waals surface area contributed by atoms with Crippen molar-refractivity contribution in [3.05, 3.63) is 38.3 Å². The maximum absolute atomic E-state index is 12.3. The van der Waals surface area contributed by atoms with Crippen molar-refractivity contribution in [3.8, 4) is 11.4 Å². The molecule has 0 aliphatic carbocycles. The second kappa shape index (κ2) is 5.02. The van der Waals surface area contributed by atoms with Crippen LogP contribution in [0.4, 0.5) is 5.82 Å². The van der Waals surface area contributed by atoms with Gasteiger partial charge in [0.2, 0.25) is 11.4 Å². The van der Waals surface area contributed by atoms with Gasteiger partial charge in [0.15, 0.2) is 5.69 Å². The third-order valence-corrected chi connectivity index (χ3v) is 3.66. The van der Waals surface area contributed by atoms with E-state index in [-0.39, 0.29) is 5.82 Å². The molecule has 0 fully saturated rings. The van der Waals surface area contributed by atoms with Crippen molar-refractivity contribution in [3.63, 3.8) is 0 Å². The molecular formula is C12H15ClN4O3. The van der Waals surface area contributed by atoms with E-state index in [0.717, 1.165) is 0 Å². The molecule has 2 N–H and O–H groups in total. The van der Waals surface area contributed by atoms with Crippen molar-refractivity contribution in [2.75, 3.05) is 0 Å². The Morgan fingerprint density at radius 2 is 2.00 bits per heavy atom. The Labute approximate surface area is 120 Å². The third kappa shape index (κ3) is 2.14. The van der Waals surface area contributed by atoms with Gasteiger partial charge in [-0.15, -0.1) is 0 Å². The molecule has 1 atom stereocenters. The quantitative estimate of drug-likeness (QED) is 0.485. The first-order valence-electron chi connectivity index (χ1n) is 5.92. The van der Waals surface area contributed by atoms with Crippen molar-refractivity contribution in [1.82, 2.24) is 9.78 Å². The molecule has 0 bridgehead atoms. The number of nitrogens with zero attached hydrogens (tertiary/aromatic N) is 3. The molecule has 2 rings (SSSR count). The fourth-order valence-electron chi connectivity index (χ4n) is 2.22. The number of hydrogen-bond donors (Lipinski definition) is 2. The van der Waals surface area contributed by atoms with Crippen LogP contribution in [0.3, 0.4) is 0 Å². The van der Waals surface area contributed by atoms with E-state index in [1.165, 1.54) is 11.7 Å². The van der Waals surface area contributed by atoms with E-state index < -0.39 is 5.23 Å². The standard InChI is InChI=1S/C12H15ClN4O3/c1-6-5-9(13)8(3)16(18)11(6)10-7(2)12(17(19)20)15(4)14-10/h5,17,19H,1-4H3. The molecule has 7 nitrogen and oxygen atoms in total. The molecule has 0 radical (unpaired) electrons. The molecule has 8 heteroatoms. The fourth-order valence-corrected chi connectivity index (χ4v) is 2.46. The third-order valence-electron chi connectivity index (χ3n) is 3.28. The van der Waals surface area contributed by atoms with Gasteiger partial charge in [-0.05, 0) is 19.9 Å². The Bertz CT molecular complexity index is 682. The van der Waals surface area contributed by atoms with Crippen LogP contribution in [0.25, 0.3) is 11.4 Å². The molecule has 0 saturated carbocycles. The van der Waals surface area contributed by atoms with E-state index >= 15 is 0 Å². The zero-order valence-corrected chi connectivity index (χ0v) is 12.3. The highest BCUT2D eigenvalue weighted by atomic mass is 35.5.